The van der Waals surface area contributed by atoms with Crippen molar-refractivity contribution in [3.8, 4) is 18.1 Å². The summed E-state index contributed by atoms with van der Waals surface area (Å²) in [5.41, 5.74) is -0.0333. The molecule has 0 N–H and O–H groups in total. The van der Waals surface area contributed by atoms with E-state index in [1.54, 1.807) is 0 Å². The van der Waals surface area contributed by atoms with Crippen LogP contribution in [0.15, 0.2) is 30.3 Å². The Morgan fingerprint density at radius 2 is 2.07 bits per heavy atom. The quantitative estimate of drug-likeness (QED) is 0.722. The monoisotopic (exact) mass is 370 g/mol. The van der Waals surface area contributed by atoms with Crippen LogP contribution in [0.25, 0.3) is 0 Å². The number of hydrogen-bond acceptors (Lipinski definition) is 4. The number of rotatable bonds is 6. The van der Waals surface area contributed by atoms with Gasteiger partial charge in [0, 0.05) is 25.7 Å². The summed E-state index contributed by atoms with van der Waals surface area (Å²) in [5, 5.41) is 0. The fraction of sp³-hybridized carbons (Fsp3) is 0.591. The molecular formula is C22H30N2O3. The summed E-state index contributed by atoms with van der Waals surface area (Å²) < 4.78 is 11.8. The molecule has 1 spiro atoms. The van der Waals surface area contributed by atoms with Crippen molar-refractivity contribution in [2.75, 3.05) is 33.9 Å². The van der Waals surface area contributed by atoms with Gasteiger partial charge in [-0.3, -0.25) is 9.69 Å². The Bertz CT molecular complexity index is 664. The van der Waals surface area contributed by atoms with E-state index in [1.165, 1.54) is 0 Å². The fourth-order valence-electron chi connectivity index (χ4n) is 4.45. The SMILES string of the molecule is C#CCN(C)[C@H]1C[C@@]2(CCCO2)CC[C@@H]1N(C)C(=O)COc1ccccc1. The van der Waals surface area contributed by atoms with Crippen LogP contribution in [0.3, 0.4) is 0 Å². The maximum absolute atomic E-state index is 12.8. The number of terminal acetylenes is 1. The zero-order valence-electron chi connectivity index (χ0n) is 16.4. The van der Waals surface area contributed by atoms with Gasteiger partial charge in [0.25, 0.3) is 5.91 Å². The Morgan fingerprint density at radius 3 is 2.74 bits per heavy atom. The highest BCUT2D eigenvalue weighted by Gasteiger charge is 2.46. The minimum absolute atomic E-state index is 0.00810. The molecule has 1 heterocycles. The molecule has 1 aromatic carbocycles. The highest BCUT2D eigenvalue weighted by Crippen LogP contribution is 2.42. The first-order chi connectivity index (χ1) is 13.0. The van der Waals surface area contributed by atoms with Crippen molar-refractivity contribution in [3.63, 3.8) is 0 Å². The van der Waals surface area contributed by atoms with Gasteiger partial charge in [-0.2, -0.15) is 0 Å². The highest BCUT2D eigenvalue weighted by molar-refractivity contribution is 5.78. The Morgan fingerprint density at radius 1 is 1.30 bits per heavy atom. The van der Waals surface area contributed by atoms with Gasteiger partial charge < -0.3 is 14.4 Å². The average molecular weight is 370 g/mol. The van der Waals surface area contributed by atoms with Crippen LogP contribution in [0.2, 0.25) is 0 Å². The first-order valence-corrected chi connectivity index (χ1v) is 9.76. The number of hydrogen-bond donors (Lipinski definition) is 0. The van der Waals surface area contributed by atoms with Crippen molar-refractivity contribution in [2.24, 2.45) is 0 Å². The van der Waals surface area contributed by atoms with Crippen molar-refractivity contribution < 1.29 is 14.3 Å². The van der Waals surface area contributed by atoms with E-state index in [4.69, 9.17) is 15.9 Å². The van der Waals surface area contributed by atoms with E-state index in [-0.39, 0.29) is 30.2 Å². The third-order valence-corrected chi connectivity index (χ3v) is 6.01. The number of para-hydroxylation sites is 1. The number of nitrogens with zero attached hydrogens (tertiary/aromatic N) is 2. The van der Waals surface area contributed by atoms with Crippen molar-refractivity contribution in [1.82, 2.24) is 9.80 Å². The molecule has 1 saturated heterocycles. The minimum atomic E-state index is -0.0333. The third kappa shape index (κ3) is 4.63. The Balaban J connectivity index is 1.66. The number of benzene rings is 1. The molecule has 0 bridgehead atoms. The van der Waals surface area contributed by atoms with Gasteiger partial charge in [0.05, 0.1) is 12.1 Å². The maximum Gasteiger partial charge on any atom is 0.260 e. The predicted octanol–water partition coefficient (Wildman–Crippen LogP) is 2.56. The topological polar surface area (TPSA) is 42.0 Å². The summed E-state index contributed by atoms with van der Waals surface area (Å²) in [4.78, 5) is 16.8. The molecule has 27 heavy (non-hydrogen) atoms. The van der Waals surface area contributed by atoms with Crippen LogP contribution >= 0.6 is 0 Å². The van der Waals surface area contributed by atoms with Gasteiger partial charge >= 0.3 is 0 Å². The van der Waals surface area contributed by atoms with Gasteiger partial charge in [-0.25, -0.2) is 0 Å². The van der Waals surface area contributed by atoms with Gasteiger partial charge in [0.15, 0.2) is 6.61 Å². The van der Waals surface area contributed by atoms with E-state index in [2.05, 4.69) is 10.8 Å². The van der Waals surface area contributed by atoms with E-state index in [0.717, 1.165) is 38.7 Å². The van der Waals surface area contributed by atoms with Crippen LogP contribution < -0.4 is 4.74 Å². The highest BCUT2D eigenvalue weighted by atomic mass is 16.5. The first-order valence-electron chi connectivity index (χ1n) is 9.76. The average Bonchev–Trinajstić information content (AvgIpc) is 3.14. The first kappa shape index (κ1) is 19.7. The second-order valence-electron chi connectivity index (χ2n) is 7.74. The van der Waals surface area contributed by atoms with Crippen LogP contribution in [0, 0.1) is 12.3 Å². The molecule has 1 amide bonds. The largest absolute Gasteiger partial charge is 0.484 e. The van der Waals surface area contributed by atoms with Gasteiger partial charge in [-0.15, -0.1) is 6.42 Å². The molecule has 1 aliphatic heterocycles. The van der Waals surface area contributed by atoms with Crippen molar-refractivity contribution in [2.45, 2.75) is 49.8 Å². The molecule has 1 aromatic rings. The van der Waals surface area contributed by atoms with Gasteiger partial charge in [-0.05, 0) is 51.3 Å². The molecule has 1 aliphatic carbocycles. The molecule has 0 aromatic heterocycles. The number of ether oxygens (including phenoxy) is 2. The zero-order valence-corrected chi connectivity index (χ0v) is 16.4. The second kappa shape index (κ2) is 8.77. The van der Waals surface area contributed by atoms with Crippen LogP contribution in [0.4, 0.5) is 0 Å². The number of carbonyl (C=O) groups is 1. The summed E-state index contributed by atoms with van der Waals surface area (Å²) in [5.74, 6) is 3.44. The standard InChI is InChI=1S/C22H30N2O3/c1-4-14-23(2)20-16-22(12-8-15-27-22)13-11-19(20)24(3)21(25)17-26-18-9-6-5-7-10-18/h1,5-7,9-10,19-20H,8,11-17H2,2-3H3/t19-,20-,22+/m0/s1. The molecule has 2 aliphatic rings. The van der Waals surface area contributed by atoms with Crippen LogP contribution in [-0.4, -0.2) is 67.2 Å². The normalized spacial score (nSPS) is 27.5. The van der Waals surface area contributed by atoms with Gasteiger partial charge in [0.1, 0.15) is 5.75 Å². The lowest BCUT2D eigenvalue weighted by Gasteiger charge is -2.48. The van der Waals surface area contributed by atoms with E-state index in [0.29, 0.717) is 12.3 Å². The molecule has 5 heteroatoms. The predicted molar refractivity (Wildman–Crippen MR) is 106 cm³/mol. The summed E-state index contributed by atoms with van der Waals surface area (Å²) in [6.07, 6.45) is 10.6. The summed E-state index contributed by atoms with van der Waals surface area (Å²) in [6.45, 7) is 1.46. The van der Waals surface area contributed by atoms with E-state index in [1.807, 2.05) is 49.3 Å². The zero-order chi connectivity index (χ0) is 19.3. The molecule has 3 atom stereocenters. The lowest BCUT2D eigenvalue weighted by atomic mass is 9.76. The van der Waals surface area contributed by atoms with Crippen LogP contribution in [0.5, 0.6) is 5.75 Å². The molecule has 2 fully saturated rings. The molecule has 0 unspecified atom stereocenters. The second-order valence-corrected chi connectivity index (χ2v) is 7.74. The third-order valence-electron chi connectivity index (χ3n) is 6.01. The van der Waals surface area contributed by atoms with Gasteiger partial charge in [-0.1, -0.05) is 24.1 Å². The Labute approximate surface area is 162 Å². The molecule has 146 valence electrons. The van der Waals surface area contributed by atoms with Crippen molar-refractivity contribution in [3.05, 3.63) is 30.3 Å². The lowest BCUT2D eigenvalue weighted by Crippen LogP contribution is -2.58. The van der Waals surface area contributed by atoms with E-state index >= 15 is 0 Å². The molecular weight excluding hydrogens is 340 g/mol. The van der Waals surface area contributed by atoms with Crippen molar-refractivity contribution >= 4 is 5.91 Å². The van der Waals surface area contributed by atoms with Crippen LogP contribution in [-0.2, 0) is 9.53 Å². The summed E-state index contributed by atoms with van der Waals surface area (Å²) >= 11 is 0. The number of amides is 1. The lowest BCUT2D eigenvalue weighted by molar-refractivity contribution is -0.139. The summed E-state index contributed by atoms with van der Waals surface area (Å²) in [6, 6.07) is 9.75. The minimum Gasteiger partial charge on any atom is -0.484 e. The molecule has 1 saturated carbocycles. The number of carbonyl (C=O) groups excluding carboxylic acids is 1. The van der Waals surface area contributed by atoms with Crippen molar-refractivity contribution in [1.29, 1.82) is 0 Å². The fourth-order valence-corrected chi connectivity index (χ4v) is 4.45. The number of likely N-dealkylation sites (N-methyl/N-ethyl adjacent to an activating group) is 2. The molecule has 0 radical (unpaired) electrons. The maximum atomic E-state index is 12.8. The Kier molecular flexibility index (Phi) is 6.41. The van der Waals surface area contributed by atoms with Gasteiger partial charge in [0.2, 0.25) is 0 Å². The molecule has 3 rings (SSSR count). The smallest absolute Gasteiger partial charge is 0.260 e. The summed E-state index contributed by atoms with van der Waals surface area (Å²) in [7, 11) is 3.93. The van der Waals surface area contributed by atoms with Crippen LogP contribution in [0.1, 0.15) is 32.1 Å². The van der Waals surface area contributed by atoms with E-state index in [9.17, 15) is 4.79 Å². The molecule has 5 nitrogen and oxygen atoms in total. The Hall–Kier alpha value is -2.03. The van der Waals surface area contributed by atoms with E-state index < -0.39 is 0 Å².